The van der Waals surface area contributed by atoms with Gasteiger partial charge in [-0.25, -0.2) is 9.58 Å². The number of hydrogen-bond donors (Lipinski definition) is 1. The highest BCUT2D eigenvalue weighted by Gasteiger charge is 2.47. The van der Waals surface area contributed by atoms with Gasteiger partial charge in [-0.1, -0.05) is 36.4 Å². The van der Waals surface area contributed by atoms with Crippen LogP contribution in [0.1, 0.15) is 16.8 Å². The number of aromatic amines is 1. The van der Waals surface area contributed by atoms with Crippen molar-refractivity contribution >= 4 is 28.8 Å². The van der Waals surface area contributed by atoms with Crippen molar-refractivity contribution < 1.29 is 14.2 Å². The summed E-state index contributed by atoms with van der Waals surface area (Å²) in [6.45, 7) is 3.62. The second kappa shape index (κ2) is 7.87. The lowest BCUT2D eigenvalue weighted by Gasteiger charge is -2.14. The number of H-pyrrole nitrogens is 1. The molecule has 1 aliphatic rings. The summed E-state index contributed by atoms with van der Waals surface area (Å²) in [4.78, 5) is 42.0. The van der Waals surface area contributed by atoms with Gasteiger partial charge in [0.05, 0.1) is 16.9 Å². The molecule has 0 saturated heterocycles. The SMILES string of the molecule is Cc1cccc(N2C(=O)C(c3c(C)[nH]n(-c4ccccc4)c3=O)=C([n+]3ccccc3)C2=O)c1. The highest BCUT2D eigenvalue weighted by Crippen LogP contribution is 2.33. The number of aromatic nitrogens is 3. The van der Waals surface area contributed by atoms with Crippen LogP contribution >= 0.6 is 0 Å². The van der Waals surface area contributed by atoms with Gasteiger partial charge in [-0.05, 0) is 43.7 Å². The maximum absolute atomic E-state index is 13.7. The van der Waals surface area contributed by atoms with Crippen LogP contribution in [0.3, 0.4) is 0 Å². The fourth-order valence-electron chi connectivity index (χ4n) is 4.13. The van der Waals surface area contributed by atoms with E-state index in [1.165, 1.54) is 4.68 Å². The van der Waals surface area contributed by atoms with E-state index in [-0.39, 0.29) is 16.8 Å². The first kappa shape index (κ1) is 20.4. The van der Waals surface area contributed by atoms with Crippen molar-refractivity contribution in [2.24, 2.45) is 0 Å². The number of amides is 2. The van der Waals surface area contributed by atoms with E-state index in [1.54, 1.807) is 66.3 Å². The Bertz CT molecular complexity index is 1480. The van der Waals surface area contributed by atoms with Crippen LogP contribution in [0.5, 0.6) is 0 Å². The molecule has 0 aliphatic carbocycles. The van der Waals surface area contributed by atoms with Crippen molar-refractivity contribution in [3.05, 3.63) is 112 Å². The van der Waals surface area contributed by atoms with Crippen molar-refractivity contribution in [2.45, 2.75) is 13.8 Å². The third kappa shape index (κ3) is 3.30. The molecule has 1 N–H and O–H groups in total. The van der Waals surface area contributed by atoms with Gasteiger partial charge in [-0.15, -0.1) is 0 Å². The first-order chi connectivity index (χ1) is 16.0. The van der Waals surface area contributed by atoms with Crippen LogP contribution in [-0.4, -0.2) is 21.6 Å². The van der Waals surface area contributed by atoms with Crippen LogP contribution in [-0.2, 0) is 9.59 Å². The molecule has 0 spiro atoms. The van der Waals surface area contributed by atoms with Gasteiger partial charge in [-0.3, -0.25) is 19.5 Å². The van der Waals surface area contributed by atoms with Gasteiger partial charge in [0.25, 0.3) is 17.2 Å². The molecule has 0 unspecified atom stereocenters. The van der Waals surface area contributed by atoms with Crippen LogP contribution < -0.4 is 15.0 Å². The number of carbonyl (C=O) groups excluding carboxylic acids is 2. The Hall–Kier alpha value is -4.52. The first-order valence-corrected chi connectivity index (χ1v) is 10.5. The fraction of sp³-hybridized carbons (Fsp3) is 0.0769. The van der Waals surface area contributed by atoms with E-state index in [0.717, 1.165) is 10.5 Å². The summed E-state index contributed by atoms with van der Waals surface area (Å²) in [7, 11) is 0. The number of pyridine rings is 1. The van der Waals surface area contributed by atoms with Crippen molar-refractivity contribution in [3.63, 3.8) is 0 Å². The second-order valence-corrected chi connectivity index (χ2v) is 7.88. The molecule has 1 aliphatic heterocycles. The van der Waals surface area contributed by atoms with Crippen LogP contribution in [0.25, 0.3) is 17.0 Å². The zero-order chi connectivity index (χ0) is 23.1. The molecule has 0 radical (unpaired) electrons. The molecule has 0 atom stereocenters. The Morgan fingerprint density at radius 2 is 1.42 bits per heavy atom. The Labute approximate surface area is 189 Å². The summed E-state index contributed by atoms with van der Waals surface area (Å²) in [6.07, 6.45) is 3.38. The number of imide groups is 1. The average molecular weight is 437 g/mol. The largest absolute Gasteiger partial charge is 0.331 e. The monoisotopic (exact) mass is 437 g/mol. The minimum atomic E-state index is -0.531. The number of para-hydroxylation sites is 1. The standard InChI is InChI=1S/C26H20N4O3/c1-17-10-9-13-20(16-17)29-24(31)22(23(26(29)33)28-14-7-4-8-15-28)21-18(2)27-30(25(21)32)19-11-5-3-6-12-19/h3-16H,1-2H3/p+1. The minimum absolute atomic E-state index is 0.0751. The average Bonchev–Trinajstić information content (AvgIpc) is 3.25. The van der Waals surface area contributed by atoms with E-state index in [9.17, 15) is 14.4 Å². The number of carbonyl (C=O) groups is 2. The molecule has 4 aromatic rings. The van der Waals surface area contributed by atoms with Gasteiger partial charge in [0, 0.05) is 17.8 Å². The van der Waals surface area contributed by atoms with E-state index >= 15 is 0 Å². The summed E-state index contributed by atoms with van der Waals surface area (Å²) in [6, 6.07) is 21.6. The molecule has 0 fully saturated rings. The molecule has 0 bridgehead atoms. The molecular weight excluding hydrogens is 416 g/mol. The van der Waals surface area contributed by atoms with E-state index in [4.69, 9.17) is 0 Å². The van der Waals surface area contributed by atoms with Crippen molar-refractivity contribution in [1.82, 2.24) is 9.78 Å². The maximum atomic E-state index is 13.7. The molecule has 7 nitrogen and oxygen atoms in total. The summed E-state index contributed by atoms with van der Waals surface area (Å²) < 4.78 is 2.97. The summed E-state index contributed by atoms with van der Waals surface area (Å²) in [5.41, 5.74) is 2.52. The predicted octanol–water partition coefficient (Wildman–Crippen LogP) is 3.01. The molecule has 7 heteroatoms. The van der Waals surface area contributed by atoms with Gasteiger partial charge in [-0.2, -0.15) is 4.57 Å². The molecule has 2 amide bonds. The number of aryl methyl sites for hydroxylation is 2. The number of rotatable bonds is 4. The van der Waals surface area contributed by atoms with Gasteiger partial charge in [0.1, 0.15) is 5.57 Å². The summed E-state index contributed by atoms with van der Waals surface area (Å²) in [5.74, 6) is -1.01. The number of hydrogen-bond acceptors (Lipinski definition) is 3. The van der Waals surface area contributed by atoms with Crippen LogP contribution in [0.4, 0.5) is 5.69 Å². The summed E-state index contributed by atoms with van der Waals surface area (Å²) >= 11 is 0. The lowest BCUT2D eigenvalue weighted by Crippen LogP contribution is -2.39. The normalized spacial score (nSPS) is 13.8. The molecule has 0 saturated carbocycles. The predicted molar refractivity (Wildman–Crippen MR) is 125 cm³/mol. The Balaban J connectivity index is 1.76. The van der Waals surface area contributed by atoms with Gasteiger partial charge < -0.3 is 0 Å². The lowest BCUT2D eigenvalue weighted by molar-refractivity contribution is -0.576. The number of benzene rings is 2. The van der Waals surface area contributed by atoms with Crippen LogP contribution in [0, 0.1) is 13.8 Å². The smallest absolute Gasteiger partial charge is 0.295 e. The lowest BCUT2D eigenvalue weighted by atomic mass is 10.1. The summed E-state index contributed by atoms with van der Waals surface area (Å²) in [5, 5.41) is 3.06. The van der Waals surface area contributed by atoms with Crippen LogP contribution in [0.2, 0.25) is 0 Å². The highest BCUT2D eigenvalue weighted by molar-refractivity contribution is 6.53. The van der Waals surface area contributed by atoms with Gasteiger partial charge in [0.15, 0.2) is 12.4 Å². The van der Waals surface area contributed by atoms with E-state index in [1.807, 2.05) is 37.3 Å². The Morgan fingerprint density at radius 1 is 0.758 bits per heavy atom. The molecule has 5 rings (SSSR count). The molecule has 33 heavy (non-hydrogen) atoms. The molecule has 3 heterocycles. The quantitative estimate of drug-likeness (QED) is 0.394. The topological polar surface area (TPSA) is 79.1 Å². The zero-order valence-corrected chi connectivity index (χ0v) is 18.1. The van der Waals surface area contributed by atoms with Gasteiger partial charge >= 0.3 is 5.91 Å². The van der Waals surface area contributed by atoms with E-state index < -0.39 is 17.4 Å². The number of anilines is 1. The van der Waals surface area contributed by atoms with Crippen LogP contribution in [0.15, 0.2) is 90.0 Å². The maximum Gasteiger partial charge on any atom is 0.331 e. The number of nitrogens with one attached hydrogen (secondary N) is 1. The third-order valence-electron chi connectivity index (χ3n) is 5.63. The molecule has 162 valence electrons. The highest BCUT2D eigenvalue weighted by atomic mass is 16.2. The Morgan fingerprint density at radius 3 is 2.12 bits per heavy atom. The third-order valence-corrected chi connectivity index (χ3v) is 5.63. The van der Waals surface area contributed by atoms with Crippen molar-refractivity contribution in [2.75, 3.05) is 4.90 Å². The Kier molecular flexibility index (Phi) is 4.86. The minimum Gasteiger partial charge on any atom is -0.295 e. The van der Waals surface area contributed by atoms with Gasteiger partial charge in [0.2, 0.25) is 0 Å². The molecular formula is C26H21N4O3+. The zero-order valence-electron chi connectivity index (χ0n) is 18.1. The number of nitrogens with zero attached hydrogens (tertiary/aromatic N) is 3. The second-order valence-electron chi connectivity index (χ2n) is 7.88. The molecule has 2 aromatic carbocycles. The first-order valence-electron chi connectivity index (χ1n) is 10.5. The van der Waals surface area contributed by atoms with E-state index in [2.05, 4.69) is 5.10 Å². The van der Waals surface area contributed by atoms with E-state index in [0.29, 0.717) is 17.1 Å². The van der Waals surface area contributed by atoms with Crippen molar-refractivity contribution in [1.29, 1.82) is 0 Å². The molecule has 2 aromatic heterocycles. The van der Waals surface area contributed by atoms with Crippen molar-refractivity contribution in [3.8, 4) is 5.69 Å². The fourth-order valence-corrected chi connectivity index (χ4v) is 4.13.